The van der Waals surface area contributed by atoms with Crippen molar-refractivity contribution in [3.63, 3.8) is 0 Å². The van der Waals surface area contributed by atoms with Crippen molar-refractivity contribution in [3.05, 3.63) is 41.8 Å². The summed E-state index contributed by atoms with van der Waals surface area (Å²) in [6.45, 7) is 1.32. The molecule has 2 bridgehead atoms. The number of ether oxygens (including phenoxy) is 3. The van der Waals surface area contributed by atoms with Crippen LogP contribution in [0.2, 0.25) is 0 Å². The highest BCUT2D eigenvalue weighted by molar-refractivity contribution is 7.13. The van der Waals surface area contributed by atoms with Crippen LogP contribution in [0.1, 0.15) is 12.8 Å². The van der Waals surface area contributed by atoms with E-state index in [2.05, 4.69) is 10.2 Å². The molecule has 2 aromatic rings. The minimum absolute atomic E-state index is 0.0717. The van der Waals surface area contributed by atoms with Crippen molar-refractivity contribution in [1.29, 1.82) is 0 Å². The first-order valence-electron chi connectivity index (χ1n) is 9.07. The highest BCUT2D eigenvalue weighted by Crippen LogP contribution is 2.43. The quantitative estimate of drug-likeness (QED) is 0.724. The van der Waals surface area contributed by atoms with E-state index in [1.54, 1.807) is 17.4 Å². The summed E-state index contributed by atoms with van der Waals surface area (Å²) in [5, 5.41) is 10.4. The van der Waals surface area contributed by atoms with Crippen molar-refractivity contribution in [3.8, 4) is 16.5 Å². The minimum atomic E-state index is -1.58. The fourth-order valence-electron chi connectivity index (χ4n) is 3.99. The van der Waals surface area contributed by atoms with E-state index >= 15 is 0 Å². The molecule has 0 N–H and O–H groups in total. The van der Waals surface area contributed by atoms with E-state index in [0.717, 1.165) is 35.6 Å². The SMILES string of the molecule is O=C1C=CC(=O)OC2(O1)C(Oc1ccc(-c3cccs3)nn1)C1CCN2CC1. The molecule has 28 heavy (non-hydrogen) atoms. The third kappa shape index (κ3) is 2.87. The molecule has 4 aliphatic rings. The summed E-state index contributed by atoms with van der Waals surface area (Å²) in [6.07, 6.45) is 3.19. The van der Waals surface area contributed by atoms with Crippen LogP contribution in [-0.4, -0.2) is 52.1 Å². The van der Waals surface area contributed by atoms with E-state index in [9.17, 15) is 9.59 Å². The fourth-order valence-corrected chi connectivity index (χ4v) is 4.68. The Hall–Kier alpha value is -2.78. The number of nitrogens with zero attached hydrogens (tertiary/aromatic N) is 3. The normalized spacial score (nSPS) is 27.9. The first-order valence-corrected chi connectivity index (χ1v) is 9.95. The minimum Gasteiger partial charge on any atom is -0.463 e. The van der Waals surface area contributed by atoms with Gasteiger partial charge < -0.3 is 14.2 Å². The number of aromatic nitrogens is 2. The van der Waals surface area contributed by atoms with E-state index in [0.29, 0.717) is 19.0 Å². The lowest BCUT2D eigenvalue weighted by Gasteiger charge is -2.54. The van der Waals surface area contributed by atoms with Crippen LogP contribution in [0, 0.1) is 5.92 Å². The van der Waals surface area contributed by atoms with E-state index in [1.165, 1.54) is 0 Å². The molecule has 2 aromatic heterocycles. The number of hydrogen-bond acceptors (Lipinski definition) is 9. The van der Waals surface area contributed by atoms with Gasteiger partial charge in [0.25, 0.3) is 0 Å². The monoisotopic (exact) mass is 399 g/mol. The molecule has 1 unspecified atom stereocenters. The van der Waals surface area contributed by atoms with Gasteiger partial charge in [0.2, 0.25) is 5.88 Å². The molecular weight excluding hydrogens is 382 g/mol. The molecule has 0 saturated carbocycles. The predicted molar refractivity (Wildman–Crippen MR) is 98.1 cm³/mol. The Bertz CT molecular complexity index is 900. The molecule has 8 nitrogen and oxygen atoms in total. The lowest BCUT2D eigenvalue weighted by molar-refractivity contribution is -0.349. The smallest absolute Gasteiger partial charge is 0.359 e. The highest BCUT2D eigenvalue weighted by atomic mass is 32.1. The molecule has 3 saturated heterocycles. The predicted octanol–water partition coefficient (Wildman–Crippen LogP) is 1.99. The topological polar surface area (TPSA) is 90.9 Å². The van der Waals surface area contributed by atoms with Gasteiger partial charge in [-0.25, -0.2) is 14.5 Å². The van der Waals surface area contributed by atoms with E-state index in [4.69, 9.17) is 14.2 Å². The molecular formula is C19H17N3O5S. The van der Waals surface area contributed by atoms with Gasteiger partial charge in [0, 0.05) is 37.2 Å². The summed E-state index contributed by atoms with van der Waals surface area (Å²) in [7, 11) is 0. The first kappa shape index (κ1) is 17.3. The maximum Gasteiger partial charge on any atom is 0.359 e. The fraction of sp³-hybridized carbons (Fsp3) is 0.368. The highest BCUT2D eigenvalue weighted by Gasteiger charge is 2.62. The largest absolute Gasteiger partial charge is 0.463 e. The molecule has 144 valence electrons. The molecule has 0 aromatic carbocycles. The Labute approximate surface area is 164 Å². The maximum atomic E-state index is 12.1. The first-order chi connectivity index (χ1) is 13.6. The van der Waals surface area contributed by atoms with Crippen LogP contribution in [0.4, 0.5) is 0 Å². The molecule has 4 aliphatic heterocycles. The van der Waals surface area contributed by atoms with Crippen molar-refractivity contribution in [1.82, 2.24) is 15.1 Å². The molecule has 6 heterocycles. The Morgan fingerprint density at radius 3 is 2.43 bits per heavy atom. The van der Waals surface area contributed by atoms with Crippen LogP contribution in [0.3, 0.4) is 0 Å². The van der Waals surface area contributed by atoms with Crippen LogP contribution in [0.25, 0.3) is 10.6 Å². The number of fused-ring (bicyclic) bond motifs is 2. The molecule has 6 rings (SSSR count). The van der Waals surface area contributed by atoms with Crippen LogP contribution < -0.4 is 4.74 Å². The van der Waals surface area contributed by atoms with Crippen molar-refractivity contribution in [2.45, 2.75) is 24.9 Å². The lowest BCUT2D eigenvalue weighted by Crippen LogP contribution is -2.71. The molecule has 0 radical (unpaired) electrons. The zero-order chi connectivity index (χ0) is 19.1. The van der Waals surface area contributed by atoms with Gasteiger partial charge in [-0.15, -0.1) is 21.5 Å². The second-order valence-electron chi connectivity index (χ2n) is 6.90. The number of rotatable bonds is 3. The Morgan fingerprint density at radius 1 is 1.07 bits per heavy atom. The zero-order valence-electron chi connectivity index (χ0n) is 14.8. The molecule has 9 heteroatoms. The van der Waals surface area contributed by atoms with Gasteiger partial charge in [0.05, 0.1) is 4.88 Å². The van der Waals surface area contributed by atoms with Crippen LogP contribution >= 0.6 is 11.3 Å². The average Bonchev–Trinajstić information content (AvgIpc) is 3.20. The van der Waals surface area contributed by atoms with Gasteiger partial charge in [-0.05, 0) is 30.4 Å². The number of carbonyl (C=O) groups excluding carboxylic acids is 2. The van der Waals surface area contributed by atoms with Crippen molar-refractivity contribution < 1.29 is 23.8 Å². The number of esters is 2. The lowest BCUT2D eigenvalue weighted by atomic mass is 9.82. The molecule has 0 amide bonds. The maximum absolute atomic E-state index is 12.1. The second-order valence-corrected chi connectivity index (χ2v) is 7.85. The number of carbonyl (C=O) groups is 2. The molecule has 1 spiro atoms. The molecule has 1 atom stereocenters. The van der Waals surface area contributed by atoms with E-state index in [1.807, 2.05) is 28.5 Å². The average molecular weight is 399 g/mol. The van der Waals surface area contributed by atoms with Crippen molar-refractivity contribution in [2.24, 2.45) is 5.92 Å². The van der Waals surface area contributed by atoms with Gasteiger partial charge in [-0.3, -0.25) is 0 Å². The third-order valence-corrected chi connectivity index (χ3v) is 6.17. The summed E-state index contributed by atoms with van der Waals surface area (Å²) in [4.78, 5) is 27.1. The van der Waals surface area contributed by atoms with Gasteiger partial charge in [0.1, 0.15) is 5.69 Å². The van der Waals surface area contributed by atoms with Gasteiger partial charge in [-0.1, -0.05) is 6.07 Å². The second kappa shape index (κ2) is 6.68. The summed E-state index contributed by atoms with van der Waals surface area (Å²) in [5.41, 5.74) is 0.752. The Morgan fingerprint density at radius 2 is 1.82 bits per heavy atom. The Balaban J connectivity index is 1.45. The zero-order valence-corrected chi connectivity index (χ0v) is 15.6. The van der Waals surface area contributed by atoms with Crippen LogP contribution in [0.15, 0.2) is 41.8 Å². The van der Waals surface area contributed by atoms with Gasteiger partial charge in [-0.2, -0.15) is 0 Å². The summed E-state index contributed by atoms with van der Waals surface area (Å²) in [6, 6.07) is 7.47. The van der Waals surface area contributed by atoms with Crippen LogP contribution in [0.5, 0.6) is 5.88 Å². The standard InChI is InChI=1S/C19H17N3O5S/c23-16-5-6-17(24)27-19(26-16)18(12-7-9-22(19)10-8-12)25-15-4-3-13(20-21-15)14-2-1-11-28-14/h1-6,11-12,18H,7-10H2. The third-order valence-electron chi connectivity index (χ3n) is 5.28. The Kier molecular flexibility index (Phi) is 4.13. The number of thiophene rings is 1. The molecule has 0 aliphatic carbocycles. The van der Waals surface area contributed by atoms with E-state index in [-0.39, 0.29) is 5.92 Å². The van der Waals surface area contributed by atoms with Gasteiger partial charge in [0.15, 0.2) is 6.10 Å². The summed E-state index contributed by atoms with van der Waals surface area (Å²) >= 11 is 1.58. The number of piperidine rings is 3. The summed E-state index contributed by atoms with van der Waals surface area (Å²) < 4.78 is 17.3. The van der Waals surface area contributed by atoms with Crippen molar-refractivity contribution in [2.75, 3.05) is 13.1 Å². The molecule has 3 fully saturated rings. The van der Waals surface area contributed by atoms with Crippen molar-refractivity contribution >= 4 is 23.3 Å². The van der Waals surface area contributed by atoms with Crippen LogP contribution in [-0.2, 0) is 19.1 Å². The van der Waals surface area contributed by atoms with Gasteiger partial charge >= 0.3 is 17.8 Å². The van der Waals surface area contributed by atoms with E-state index < -0.39 is 24.0 Å². The summed E-state index contributed by atoms with van der Waals surface area (Å²) in [5.74, 6) is -2.48. The number of hydrogen-bond donors (Lipinski definition) is 0.